The van der Waals surface area contributed by atoms with E-state index in [4.69, 9.17) is 40.5 Å². The predicted octanol–water partition coefficient (Wildman–Crippen LogP) is 3.01. The van der Waals surface area contributed by atoms with Crippen molar-refractivity contribution in [3.8, 4) is 5.69 Å². The molecule has 0 saturated carbocycles. The van der Waals surface area contributed by atoms with Crippen LogP contribution in [0.1, 0.15) is 5.56 Å². The number of nitrogens with two attached hydrogens (primary N) is 1. The lowest BCUT2D eigenvalue weighted by atomic mass is 10.2. The number of benzene rings is 1. The topological polar surface area (TPSA) is 69.6 Å². The molecule has 0 aliphatic rings. The van der Waals surface area contributed by atoms with Gasteiger partial charge < -0.3 is 15.1 Å². The third-order valence-corrected chi connectivity index (χ3v) is 2.97. The fourth-order valence-corrected chi connectivity index (χ4v) is 1.63. The zero-order valence-electron chi connectivity index (χ0n) is 10.5. The normalized spacial score (nSPS) is 12.2. The summed E-state index contributed by atoms with van der Waals surface area (Å²) in [5.41, 5.74) is 7.19. The molecule has 0 saturated heterocycles. The van der Waals surface area contributed by atoms with Gasteiger partial charge in [-0.3, -0.25) is 0 Å². The van der Waals surface area contributed by atoms with Crippen molar-refractivity contribution in [1.29, 1.82) is 0 Å². The molecule has 0 fully saturated rings. The van der Waals surface area contributed by atoms with Crippen molar-refractivity contribution in [2.24, 2.45) is 10.9 Å². The van der Waals surface area contributed by atoms with Crippen molar-refractivity contribution >= 4 is 46.6 Å². The van der Waals surface area contributed by atoms with Gasteiger partial charge in [-0.2, -0.15) is 0 Å². The van der Waals surface area contributed by atoms with Crippen LogP contribution in [0.5, 0.6) is 0 Å². The summed E-state index contributed by atoms with van der Waals surface area (Å²) in [6.45, 7) is 0. The summed E-state index contributed by atoms with van der Waals surface area (Å²) in [5.74, 6) is -1.14. The van der Waals surface area contributed by atoms with Gasteiger partial charge in [0.1, 0.15) is 0 Å². The highest BCUT2D eigenvalue weighted by molar-refractivity contribution is 6.75. The van der Waals surface area contributed by atoms with Crippen molar-refractivity contribution in [2.45, 2.75) is 3.79 Å². The fraction of sp³-hybridized carbons (Fsp3) is 0.0769. The standard InChI is InChI=1S/C13H10Cl3N3O2/c14-13(15,16)12(20)21-18-11(17)9-4-3-5-10(8-9)19-6-1-2-7-19/h1-8H,(H2,17,18). The summed E-state index contributed by atoms with van der Waals surface area (Å²) in [5, 5.41) is 3.47. The van der Waals surface area contributed by atoms with Crippen LogP contribution in [0.25, 0.3) is 5.69 Å². The Labute approximate surface area is 135 Å². The van der Waals surface area contributed by atoms with E-state index in [9.17, 15) is 4.79 Å². The van der Waals surface area contributed by atoms with Crippen molar-refractivity contribution < 1.29 is 9.63 Å². The maximum atomic E-state index is 11.3. The van der Waals surface area contributed by atoms with Crippen molar-refractivity contribution in [1.82, 2.24) is 4.57 Å². The lowest BCUT2D eigenvalue weighted by molar-refractivity contribution is -0.142. The Morgan fingerprint density at radius 1 is 1.19 bits per heavy atom. The first-order valence-electron chi connectivity index (χ1n) is 5.73. The first kappa shape index (κ1) is 15.7. The van der Waals surface area contributed by atoms with Gasteiger partial charge in [-0.05, 0) is 24.3 Å². The van der Waals surface area contributed by atoms with Crippen LogP contribution in [0.15, 0.2) is 53.9 Å². The van der Waals surface area contributed by atoms with E-state index >= 15 is 0 Å². The number of nitrogens with zero attached hydrogens (tertiary/aromatic N) is 2. The molecule has 0 aliphatic heterocycles. The van der Waals surface area contributed by atoms with Crippen molar-refractivity contribution in [2.75, 3.05) is 0 Å². The number of aromatic nitrogens is 1. The molecule has 0 aliphatic carbocycles. The van der Waals surface area contributed by atoms with E-state index in [1.54, 1.807) is 18.2 Å². The zero-order chi connectivity index (χ0) is 15.5. The van der Waals surface area contributed by atoms with Crippen LogP contribution in [0.3, 0.4) is 0 Å². The summed E-state index contributed by atoms with van der Waals surface area (Å²) in [6.07, 6.45) is 3.77. The van der Waals surface area contributed by atoms with Crippen molar-refractivity contribution in [3.05, 3.63) is 54.4 Å². The van der Waals surface area contributed by atoms with Gasteiger partial charge in [0.05, 0.1) is 0 Å². The second kappa shape index (κ2) is 6.39. The highest BCUT2D eigenvalue weighted by Gasteiger charge is 2.33. The van der Waals surface area contributed by atoms with Gasteiger partial charge in [-0.25, -0.2) is 4.79 Å². The maximum absolute atomic E-state index is 11.3. The Morgan fingerprint density at radius 2 is 1.86 bits per heavy atom. The third-order valence-electron chi connectivity index (χ3n) is 2.50. The Balaban J connectivity index is 2.18. The number of rotatable bonds is 3. The van der Waals surface area contributed by atoms with Gasteiger partial charge >= 0.3 is 5.97 Å². The number of amidine groups is 1. The summed E-state index contributed by atoms with van der Waals surface area (Å²) in [4.78, 5) is 15.7. The highest BCUT2D eigenvalue weighted by Crippen LogP contribution is 2.27. The number of carbonyl (C=O) groups excluding carboxylic acids is 1. The Hall–Kier alpha value is -1.69. The quantitative estimate of drug-likeness (QED) is 0.305. The van der Waals surface area contributed by atoms with E-state index < -0.39 is 9.76 Å². The molecule has 2 rings (SSSR count). The molecular weight excluding hydrogens is 337 g/mol. The minimum atomic E-state index is -2.20. The molecule has 1 aromatic carbocycles. The van der Waals surface area contributed by atoms with E-state index in [0.29, 0.717) is 5.56 Å². The largest absolute Gasteiger partial charge is 0.386 e. The molecule has 0 spiro atoms. The van der Waals surface area contributed by atoms with Crippen LogP contribution < -0.4 is 5.73 Å². The Morgan fingerprint density at radius 3 is 2.48 bits per heavy atom. The van der Waals surface area contributed by atoms with Gasteiger partial charge in [-0.15, -0.1) is 0 Å². The lowest BCUT2D eigenvalue weighted by Gasteiger charge is -2.08. The summed E-state index contributed by atoms with van der Waals surface area (Å²) >= 11 is 16.0. The minimum Gasteiger partial charge on any atom is -0.380 e. The van der Waals surface area contributed by atoms with Crippen LogP contribution in [0.2, 0.25) is 0 Å². The molecule has 1 heterocycles. The molecular formula is C13H10Cl3N3O2. The second-order valence-corrected chi connectivity index (χ2v) is 6.27. The average molecular weight is 347 g/mol. The molecule has 2 N–H and O–H groups in total. The summed E-state index contributed by atoms with van der Waals surface area (Å²) in [6, 6.07) is 11.0. The number of hydrogen-bond acceptors (Lipinski definition) is 3. The molecule has 0 bridgehead atoms. The highest BCUT2D eigenvalue weighted by atomic mass is 35.6. The molecule has 8 heteroatoms. The number of alkyl halides is 3. The van der Waals surface area contributed by atoms with E-state index in [1.807, 2.05) is 35.2 Å². The SMILES string of the molecule is NC(=NOC(=O)C(Cl)(Cl)Cl)c1cccc(-n2cccc2)c1. The Bertz CT molecular complexity index is 664. The molecule has 5 nitrogen and oxygen atoms in total. The van der Waals surface area contributed by atoms with Gasteiger partial charge in [0.2, 0.25) is 0 Å². The molecule has 1 aromatic heterocycles. The molecule has 0 atom stereocenters. The van der Waals surface area contributed by atoms with E-state index in [2.05, 4.69) is 9.99 Å². The van der Waals surface area contributed by atoms with Gasteiger partial charge in [0.15, 0.2) is 5.84 Å². The fourth-order valence-electron chi connectivity index (χ4n) is 1.53. The monoisotopic (exact) mass is 345 g/mol. The van der Waals surface area contributed by atoms with E-state index in [1.165, 1.54) is 0 Å². The third kappa shape index (κ3) is 4.14. The molecule has 110 valence electrons. The minimum absolute atomic E-state index is 0.00777. The van der Waals surface area contributed by atoms with Crippen molar-refractivity contribution in [3.63, 3.8) is 0 Å². The van der Waals surface area contributed by atoms with Crippen LogP contribution in [-0.4, -0.2) is 20.2 Å². The number of oxime groups is 1. The second-order valence-electron chi connectivity index (χ2n) is 3.99. The van der Waals surface area contributed by atoms with Crippen LogP contribution in [0.4, 0.5) is 0 Å². The van der Waals surface area contributed by atoms with Crippen LogP contribution >= 0.6 is 34.8 Å². The molecule has 2 aromatic rings. The number of carbonyl (C=O) groups is 1. The number of halogens is 3. The summed E-state index contributed by atoms with van der Waals surface area (Å²) < 4.78 is -0.305. The molecule has 21 heavy (non-hydrogen) atoms. The lowest BCUT2D eigenvalue weighted by Crippen LogP contribution is -2.22. The average Bonchev–Trinajstić information content (AvgIpc) is 2.97. The summed E-state index contributed by atoms with van der Waals surface area (Å²) in [7, 11) is 0. The first-order valence-corrected chi connectivity index (χ1v) is 6.87. The van der Waals surface area contributed by atoms with Gasteiger partial charge in [0.25, 0.3) is 3.79 Å². The van der Waals surface area contributed by atoms with Gasteiger partial charge in [-0.1, -0.05) is 52.1 Å². The maximum Gasteiger partial charge on any atom is 0.386 e. The molecule has 0 radical (unpaired) electrons. The zero-order valence-corrected chi connectivity index (χ0v) is 12.8. The molecule has 0 amide bonds. The predicted molar refractivity (Wildman–Crippen MR) is 82.9 cm³/mol. The van der Waals surface area contributed by atoms with Gasteiger partial charge in [0, 0.05) is 23.6 Å². The Kier molecular flexibility index (Phi) is 4.77. The van der Waals surface area contributed by atoms with E-state index in [-0.39, 0.29) is 5.84 Å². The van der Waals surface area contributed by atoms with Crippen LogP contribution in [-0.2, 0) is 9.63 Å². The first-order chi connectivity index (χ1) is 9.88. The molecule has 0 unspecified atom stereocenters. The van der Waals surface area contributed by atoms with Crippen LogP contribution in [0, 0.1) is 0 Å². The van der Waals surface area contributed by atoms with E-state index in [0.717, 1.165) is 5.69 Å². The number of hydrogen-bond donors (Lipinski definition) is 1. The smallest absolute Gasteiger partial charge is 0.380 e.